The Hall–Kier alpha value is -3.82. The number of ether oxygens (including phenoxy) is 2. The van der Waals surface area contributed by atoms with E-state index < -0.39 is 0 Å². The second-order valence-electron chi connectivity index (χ2n) is 8.31. The molecule has 4 rings (SSSR count). The van der Waals surface area contributed by atoms with E-state index in [2.05, 4.69) is 15.5 Å². The quantitative estimate of drug-likeness (QED) is 0.449. The molecular weight excluding hydrogens is 512 g/mol. The first-order valence-corrected chi connectivity index (χ1v) is 12.4. The minimum atomic E-state index is -0.389. The zero-order valence-corrected chi connectivity index (χ0v) is 22.1. The molecule has 3 aromatic rings. The van der Waals surface area contributed by atoms with Crippen molar-refractivity contribution >= 4 is 52.1 Å². The zero-order chi connectivity index (χ0) is 26.4. The molecule has 0 aliphatic carbocycles. The molecule has 2 amide bonds. The summed E-state index contributed by atoms with van der Waals surface area (Å²) in [6.45, 7) is 2.72. The Bertz CT molecular complexity index is 1280. The average molecular weight is 539 g/mol. The van der Waals surface area contributed by atoms with Crippen LogP contribution in [0.15, 0.2) is 66.7 Å². The minimum absolute atomic E-state index is 0.0127. The Kier molecular flexibility index (Phi) is 8.47. The molecule has 8 nitrogen and oxygen atoms in total. The van der Waals surface area contributed by atoms with Crippen molar-refractivity contribution in [3.63, 3.8) is 0 Å². The summed E-state index contributed by atoms with van der Waals surface area (Å²) in [6, 6.07) is 19.7. The van der Waals surface area contributed by atoms with Gasteiger partial charge in [0.05, 0.1) is 19.8 Å². The van der Waals surface area contributed by atoms with Crippen molar-refractivity contribution in [1.82, 2.24) is 10.2 Å². The van der Waals surface area contributed by atoms with Crippen molar-refractivity contribution in [3.05, 3.63) is 82.9 Å². The van der Waals surface area contributed by atoms with Crippen molar-refractivity contribution < 1.29 is 19.1 Å². The molecule has 0 saturated carbocycles. The summed E-state index contributed by atoms with van der Waals surface area (Å²) in [5, 5.41) is 6.48. The van der Waals surface area contributed by atoms with Crippen LogP contribution in [0.3, 0.4) is 0 Å². The number of nitrogens with zero attached hydrogens (tertiary/aromatic N) is 2. The molecule has 1 aliphatic heterocycles. The van der Waals surface area contributed by atoms with Gasteiger partial charge in [-0.2, -0.15) is 0 Å². The first-order chi connectivity index (χ1) is 17.9. The van der Waals surface area contributed by atoms with Gasteiger partial charge in [-0.15, -0.1) is 0 Å². The van der Waals surface area contributed by atoms with Crippen LogP contribution in [0, 0.1) is 0 Å². The van der Waals surface area contributed by atoms with Crippen LogP contribution in [-0.2, 0) is 0 Å². The fourth-order valence-corrected chi connectivity index (χ4v) is 4.35. The van der Waals surface area contributed by atoms with Crippen LogP contribution >= 0.6 is 23.8 Å². The minimum Gasteiger partial charge on any atom is -0.497 e. The van der Waals surface area contributed by atoms with Crippen molar-refractivity contribution in [1.29, 1.82) is 0 Å². The Morgan fingerprint density at radius 1 is 0.892 bits per heavy atom. The third-order valence-electron chi connectivity index (χ3n) is 6.03. The molecule has 3 aromatic carbocycles. The Morgan fingerprint density at radius 2 is 1.57 bits per heavy atom. The first-order valence-electron chi connectivity index (χ1n) is 11.6. The zero-order valence-electron chi connectivity index (χ0n) is 20.5. The van der Waals surface area contributed by atoms with Gasteiger partial charge in [-0.05, 0) is 72.9 Å². The number of anilines is 2. The lowest BCUT2D eigenvalue weighted by atomic mass is 10.1. The van der Waals surface area contributed by atoms with Gasteiger partial charge in [-0.1, -0.05) is 11.6 Å². The highest BCUT2D eigenvalue weighted by atomic mass is 35.5. The largest absolute Gasteiger partial charge is 0.497 e. The maximum absolute atomic E-state index is 12.7. The van der Waals surface area contributed by atoms with Gasteiger partial charge < -0.3 is 24.6 Å². The predicted octanol–water partition coefficient (Wildman–Crippen LogP) is 4.45. The summed E-state index contributed by atoms with van der Waals surface area (Å²) in [6.07, 6.45) is 0. The van der Waals surface area contributed by atoms with E-state index in [0.717, 1.165) is 24.5 Å². The Balaban J connectivity index is 1.29. The Morgan fingerprint density at radius 3 is 2.19 bits per heavy atom. The highest BCUT2D eigenvalue weighted by Crippen LogP contribution is 2.25. The molecule has 192 valence electrons. The summed E-state index contributed by atoms with van der Waals surface area (Å²) in [7, 11) is 3.03. The number of carbonyl (C=O) groups excluding carboxylic acids is 2. The van der Waals surface area contributed by atoms with Crippen molar-refractivity contribution in [2.75, 3.05) is 50.6 Å². The molecule has 0 spiro atoms. The maximum Gasteiger partial charge on any atom is 0.261 e. The topological polar surface area (TPSA) is 83.1 Å². The number of carbonyl (C=O) groups is 2. The molecule has 1 heterocycles. The summed E-state index contributed by atoms with van der Waals surface area (Å²) in [5.41, 5.74) is 2.77. The number of piperazine rings is 1. The molecule has 1 fully saturated rings. The van der Waals surface area contributed by atoms with Crippen molar-refractivity contribution in [3.8, 4) is 11.5 Å². The van der Waals surface area contributed by atoms with Crippen molar-refractivity contribution in [2.24, 2.45) is 0 Å². The molecule has 0 atom stereocenters. The molecular formula is C27H27ClN4O4S. The molecule has 0 bridgehead atoms. The number of nitrogens with one attached hydrogen (secondary N) is 2. The lowest BCUT2D eigenvalue weighted by molar-refractivity contribution is 0.0746. The fourth-order valence-electron chi connectivity index (χ4n) is 4.02. The highest BCUT2D eigenvalue weighted by molar-refractivity contribution is 7.80. The number of rotatable bonds is 6. The number of hydrogen-bond acceptors (Lipinski definition) is 6. The molecule has 0 unspecified atom stereocenters. The van der Waals surface area contributed by atoms with E-state index in [4.69, 9.17) is 33.3 Å². The molecule has 0 radical (unpaired) electrons. The van der Waals surface area contributed by atoms with E-state index >= 15 is 0 Å². The molecule has 0 aromatic heterocycles. The van der Waals surface area contributed by atoms with E-state index in [0.29, 0.717) is 40.7 Å². The third kappa shape index (κ3) is 6.49. The van der Waals surface area contributed by atoms with Crippen LogP contribution in [0.25, 0.3) is 0 Å². The second kappa shape index (κ2) is 11.9. The number of thiocarbonyl (C=S) groups is 1. The van der Waals surface area contributed by atoms with E-state index in [9.17, 15) is 9.59 Å². The van der Waals surface area contributed by atoms with Gasteiger partial charge in [-0.25, -0.2) is 0 Å². The Labute approximate surface area is 226 Å². The van der Waals surface area contributed by atoms with Crippen LogP contribution in [0.2, 0.25) is 5.02 Å². The lowest BCUT2D eigenvalue weighted by Crippen LogP contribution is -2.48. The average Bonchev–Trinajstić information content (AvgIpc) is 2.93. The predicted molar refractivity (Wildman–Crippen MR) is 149 cm³/mol. The van der Waals surface area contributed by atoms with Crippen LogP contribution in [-0.4, -0.2) is 62.2 Å². The molecule has 2 N–H and O–H groups in total. The number of hydrogen-bond donors (Lipinski definition) is 2. The van der Waals surface area contributed by atoms with Crippen LogP contribution < -0.4 is 25.0 Å². The SMILES string of the molecule is COc1ccc(C(=O)NC(=S)Nc2ccc(N3CCN(C(=O)c4ccc(Cl)cc4)CC3)cc2)c(OC)c1. The monoisotopic (exact) mass is 538 g/mol. The lowest BCUT2D eigenvalue weighted by Gasteiger charge is -2.36. The summed E-state index contributed by atoms with van der Waals surface area (Å²) in [4.78, 5) is 29.5. The maximum atomic E-state index is 12.7. The van der Waals surface area contributed by atoms with Gasteiger partial charge in [0.25, 0.3) is 11.8 Å². The van der Waals surface area contributed by atoms with Gasteiger partial charge >= 0.3 is 0 Å². The normalized spacial score (nSPS) is 13.1. The van der Waals surface area contributed by atoms with E-state index in [-0.39, 0.29) is 16.9 Å². The van der Waals surface area contributed by atoms with Gasteiger partial charge in [0.15, 0.2) is 5.11 Å². The standard InChI is InChI=1S/C27H27ClN4O4S/c1-35-22-11-12-23(24(17-22)36-2)25(33)30-27(37)29-20-7-9-21(10-8-20)31-13-15-32(16-14-31)26(34)18-3-5-19(28)6-4-18/h3-12,17H,13-16H2,1-2H3,(H2,29,30,33,37). The first kappa shape index (κ1) is 26.2. The number of benzene rings is 3. The van der Waals surface area contributed by atoms with Crippen LogP contribution in [0.5, 0.6) is 11.5 Å². The summed E-state index contributed by atoms with van der Waals surface area (Å²) < 4.78 is 10.5. The van der Waals surface area contributed by atoms with Gasteiger partial charge in [0.1, 0.15) is 11.5 Å². The molecule has 37 heavy (non-hydrogen) atoms. The number of methoxy groups -OCH3 is 2. The molecule has 1 aliphatic rings. The number of amides is 2. The van der Waals surface area contributed by atoms with E-state index in [1.54, 1.807) is 49.6 Å². The van der Waals surface area contributed by atoms with Gasteiger partial charge in [0, 0.05) is 54.2 Å². The number of halogens is 1. The van der Waals surface area contributed by atoms with E-state index in [1.807, 2.05) is 29.2 Å². The molecule has 10 heteroatoms. The van der Waals surface area contributed by atoms with E-state index in [1.165, 1.54) is 7.11 Å². The summed E-state index contributed by atoms with van der Waals surface area (Å²) >= 11 is 11.2. The van der Waals surface area contributed by atoms with Crippen LogP contribution in [0.4, 0.5) is 11.4 Å². The van der Waals surface area contributed by atoms with Crippen LogP contribution in [0.1, 0.15) is 20.7 Å². The smallest absolute Gasteiger partial charge is 0.261 e. The van der Waals surface area contributed by atoms with Crippen molar-refractivity contribution in [2.45, 2.75) is 0 Å². The third-order valence-corrected chi connectivity index (χ3v) is 6.48. The highest BCUT2D eigenvalue weighted by Gasteiger charge is 2.22. The van der Waals surface area contributed by atoms with Gasteiger partial charge in [0.2, 0.25) is 0 Å². The summed E-state index contributed by atoms with van der Waals surface area (Å²) in [5.74, 6) is 0.598. The fraction of sp³-hybridized carbons (Fsp3) is 0.222. The van der Waals surface area contributed by atoms with Gasteiger partial charge in [-0.3, -0.25) is 14.9 Å². The molecule has 1 saturated heterocycles. The second-order valence-corrected chi connectivity index (χ2v) is 9.15.